The highest BCUT2D eigenvalue weighted by atomic mass is 19.4. The van der Waals surface area contributed by atoms with Crippen LogP contribution in [0.2, 0.25) is 0 Å². The predicted octanol–water partition coefficient (Wildman–Crippen LogP) is 2.72. The number of carbonyl (C=O) groups excluding carboxylic acids is 1. The zero-order chi connectivity index (χ0) is 16.9. The van der Waals surface area contributed by atoms with Gasteiger partial charge in [0.2, 0.25) is 5.91 Å². The number of alkyl halides is 3. The van der Waals surface area contributed by atoms with E-state index in [4.69, 9.17) is 4.74 Å². The van der Waals surface area contributed by atoms with Crippen molar-refractivity contribution < 1.29 is 22.7 Å². The van der Waals surface area contributed by atoms with E-state index in [0.29, 0.717) is 13.0 Å². The third-order valence-electron chi connectivity index (χ3n) is 2.81. The lowest BCUT2D eigenvalue weighted by molar-refractivity contribution is -0.137. The average molecular weight is 328 g/mol. The number of rotatable bonds is 6. The van der Waals surface area contributed by atoms with Crippen molar-refractivity contribution in [3.05, 3.63) is 36.4 Å². The Morgan fingerprint density at radius 1 is 1.39 bits per heavy atom. The van der Waals surface area contributed by atoms with E-state index in [2.05, 4.69) is 15.4 Å². The summed E-state index contributed by atoms with van der Waals surface area (Å²) in [5, 5.41) is 6.18. The van der Waals surface area contributed by atoms with Crippen LogP contribution in [0.1, 0.15) is 18.9 Å². The van der Waals surface area contributed by atoms with Gasteiger partial charge in [0.05, 0.1) is 17.9 Å². The Balaban J connectivity index is 2.20. The summed E-state index contributed by atoms with van der Waals surface area (Å²) in [6, 6.07) is 2.96. The van der Waals surface area contributed by atoms with Gasteiger partial charge in [-0.1, -0.05) is 6.92 Å². The van der Waals surface area contributed by atoms with Crippen LogP contribution in [0, 0.1) is 0 Å². The van der Waals surface area contributed by atoms with Crippen LogP contribution in [0.5, 0.6) is 5.75 Å². The second-order valence-electron chi connectivity index (χ2n) is 4.70. The van der Waals surface area contributed by atoms with Crippen molar-refractivity contribution in [1.82, 2.24) is 14.8 Å². The fourth-order valence-electron chi connectivity index (χ4n) is 1.79. The van der Waals surface area contributed by atoms with Crippen LogP contribution in [0.15, 0.2) is 30.9 Å². The van der Waals surface area contributed by atoms with Crippen molar-refractivity contribution in [1.29, 1.82) is 0 Å². The Hall–Kier alpha value is -2.58. The lowest BCUT2D eigenvalue weighted by Gasteiger charge is -2.15. The van der Waals surface area contributed by atoms with Crippen molar-refractivity contribution in [2.45, 2.75) is 26.1 Å². The number of halogens is 3. The largest absolute Gasteiger partial charge is 0.491 e. The van der Waals surface area contributed by atoms with Crippen LogP contribution in [0.3, 0.4) is 0 Å². The lowest BCUT2D eigenvalue weighted by Crippen LogP contribution is -2.20. The molecule has 6 nitrogen and oxygen atoms in total. The third-order valence-corrected chi connectivity index (χ3v) is 2.81. The van der Waals surface area contributed by atoms with Crippen molar-refractivity contribution in [2.75, 3.05) is 11.9 Å². The summed E-state index contributed by atoms with van der Waals surface area (Å²) < 4.78 is 45.1. The Kier molecular flexibility index (Phi) is 5.20. The summed E-state index contributed by atoms with van der Waals surface area (Å²) in [5.74, 6) is -0.344. The molecule has 0 radical (unpaired) electrons. The van der Waals surface area contributed by atoms with E-state index in [0.717, 1.165) is 12.1 Å². The first-order valence-corrected chi connectivity index (χ1v) is 6.86. The second kappa shape index (κ2) is 7.12. The summed E-state index contributed by atoms with van der Waals surface area (Å²) in [6.07, 6.45) is -1.23. The SMILES string of the molecule is CCCOc1ccc(C(F)(F)F)cc1NC(=O)Cn1cncn1. The normalized spacial score (nSPS) is 11.3. The molecule has 0 aliphatic rings. The molecule has 0 saturated heterocycles. The molecule has 0 aliphatic carbocycles. The molecule has 0 unspecified atom stereocenters. The van der Waals surface area contributed by atoms with Gasteiger partial charge in [-0.2, -0.15) is 18.3 Å². The minimum atomic E-state index is -4.51. The molecule has 1 aromatic carbocycles. The third kappa shape index (κ3) is 4.70. The van der Waals surface area contributed by atoms with E-state index in [1.54, 1.807) is 0 Å². The molecule has 0 bridgehead atoms. The van der Waals surface area contributed by atoms with Crippen molar-refractivity contribution >= 4 is 11.6 Å². The minimum Gasteiger partial charge on any atom is -0.491 e. The van der Waals surface area contributed by atoms with Gasteiger partial charge in [-0.05, 0) is 24.6 Å². The number of carbonyl (C=O) groups is 1. The van der Waals surface area contributed by atoms with Gasteiger partial charge in [-0.3, -0.25) is 4.79 Å². The number of ether oxygens (including phenoxy) is 1. The van der Waals surface area contributed by atoms with E-state index in [-0.39, 0.29) is 18.0 Å². The quantitative estimate of drug-likeness (QED) is 0.885. The highest BCUT2D eigenvalue weighted by Crippen LogP contribution is 2.35. The van der Waals surface area contributed by atoms with Gasteiger partial charge in [-0.15, -0.1) is 0 Å². The molecule has 1 aromatic heterocycles. The molecule has 0 atom stereocenters. The van der Waals surface area contributed by atoms with Gasteiger partial charge in [-0.25, -0.2) is 9.67 Å². The van der Waals surface area contributed by atoms with Crippen molar-refractivity contribution in [3.8, 4) is 5.75 Å². The molecule has 2 aromatic rings. The highest BCUT2D eigenvalue weighted by molar-refractivity contribution is 5.92. The first-order valence-electron chi connectivity index (χ1n) is 6.86. The van der Waals surface area contributed by atoms with Gasteiger partial charge < -0.3 is 10.1 Å². The highest BCUT2D eigenvalue weighted by Gasteiger charge is 2.31. The van der Waals surface area contributed by atoms with Crippen LogP contribution in [-0.2, 0) is 17.5 Å². The maximum Gasteiger partial charge on any atom is 0.416 e. The summed E-state index contributed by atoms with van der Waals surface area (Å²) in [5.41, 5.74) is -0.893. The molecule has 0 aliphatic heterocycles. The molecule has 1 heterocycles. The minimum absolute atomic E-state index is 0.0293. The van der Waals surface area contributed by atoms with Gasteiger partial charge in [0, 0.05) is 0 Å². The van der Waals surface area contributed by atoms with Crippen LogP contribution in [-0.4, -0.2) is 27.3 Å². The summed E-state index contributed by atoms with van der Waals surface area (Å²) in [6.45, 7) is 2.04. The molecule has 0 spiro atoms. The fourth-order valence-corrected chi connectivity index (χ4v) is 1.79. The van der Waals surface area contributed by atoms with Gasteiger partial charge in [0.15, 0.2) is 0 Å². The molecular formula is C14H15F3N4O2. The summed E-state index contributed by atoms with van der Waals surface area (Å²) in [7, 11) is 0. The zero-order valence-corrected chi connectivity index (χ0v) is 12.3. The molecule has 9 heteroatoms. The standard InChI is InChI=1S/C14H15F3N4O2/c1-2-5-23-12-4-3-10(14(15,16)17)6-11(12)20-13(22)7-21-9-18-8-19-21/h3-4,6,8-9H,2,5,7H2,1H3,(H,20,22). The van der Waals surface area contributed by atoms with Crippen LogP contribution in [0.4, 0.5) is 18.9 Å². The van der Waals surface area contributed by atoms with Gasteiger partial charge in [0.25, 0.3) is 0 Å². The van der Waals surface area contributed by atoms with Crippen LogP contribution in [0.25, 0.3) is 0 Å². The van der Waals surface area contributed by atoms with Crippen LogP contribution >= 0.6 is 0 Å². The Morgan fingerprint density at radius 2 is 2.17 bits per heavy atom. The average Bonchev–Trinajstić information content (AvgIpc) is 2.97. The molecular weight excluding hydrogens is 313 g/mol. The Morgan fingerprint density at radius 3 is 2.78 bits per heavy atom. The lowest BCUT2D eigenvalue weighted by atomic mass is 10.1. The van der Waals surface area contributed by atoms with E-state index in [1.807, 2.05) is 6.92 Å². The molecule has 23 heavy (non-hydrogen) atoms. The summed E-state index contributed by atoms with van der Waals surface area (Å²) >= 11 is 0. The van der Waals surface area contributed by atoms with Crippen molar-refractivity contribution in [2.24, 2.45) is 0 Å². The number of anilines is 1. The van der Waals surface area contributed by atoms with Crippen LogP contribution < -0.4 is 10.1 Å². The topological polar surface area (TPSA) is 69.0 Å². The van der Waals surface area contributed by atoms with E-state index in [9.17, 15) is 18.0 Å². The molecule has 1 N–H and O–H groups in total. The van der Waals surface area contributed by atoms with E-state index >= 15 is 0 Å². The maximum absolute atomic E-state index is 12.8. The first-order chi connectivity index (χ1) is 10.9. The first kappa shape index (κ1) is 16.8. The number of hydrogen-bond donors (Lipinski definition) is 1. The fraction of sp³-hybridized carbons (Fsp3) is 0.357. The number of aromatic nitrogens is 3. The smallest absolute Gasteiger partial charge is 0.416 e. The molecule has 2 rings (SSSR count). The Labute approximate surface area is 130 Å². The molecule has 0 fully saturated rings. The number of hydrogen-bond acceptors (Lipinski definition) is 4. The van der Waals surface area contributed by atoms with Crippen molar-refractivity contribution in [3.63, 3.8) is 0 Å². The molecule has 1 amide bonds. The van der Waals surface area contributed by atoms with Gasteiger partial charge >= 0.3 is 6.18 Å². The molecule has 0 saturated carbocycles. The Bertz CT molecular complexity index is 657. The monoisotopic (exact) mass is 328 g/mol. The number of benzene rings is 1. The number of nitrogens with one attached hydrogen (secondary N) is 1. The number of nitrogens with zero attached hydrogens (tertiary/aromatic N) is 3. The molecule has 124 valence electrons. The van der Waals surface area contributed by atoms with E-state index < -0.39 is 17.6 Å². The van der Waals surface area contributed by atoms with Gasteiger partial charge in [0.1, 0.15) is 24.9 Å². The number of amides is 1. The predicted molar refractivity (Wildman–Crippen MR) is 75.9 cm³/mol. The maximum atomic E-state index is 12.8. The van der Waals surface area contributed by atoms with E-state index in [1.165, 1.54) is 23.4 Å². The zero-order valence-electron chi connectivity index (χ0n) is 12.3. The summed E-state index contributed by atoms with van der Waals surface area (Å²) in [4.78, 5) is 15.6. The second-order valence-corrected chi connectivity index (χ2v) is 4.70.